The number of hydrogen-bond acceptors (Lipinski definition) is 12. The van der Waals surface area contributed by atoms with E-state index in [0.29, 0.717) is 23.8 Å². The molecular formula is C22H25N7O5S3. The third-order valence-electron chi connectivity index (χ3n) is 6.44. The topological polar surface area (TPSA) is 167 Å². The van der Waals surface area contributed by atoms with Crippen LogP contribution in [-0.2, 0) is 38.6 Å². The van der Waals surface area contributed by atoms with Crippen molar-refractivity contribution in [1.82, 2.24) is 19.6 Å². The zero-order valence-corrected chi connectivity index (χ0v) is 22.6. The van der Waals surface area contributed by atoms with E-state index in [0.717, 1.165) is 30.8 Å². The minimum Gasteiger partial charge on any atom is -0.543 e. The first-order valence-corrected chi connectivity index (χ1v) is 14.5. The van der Waals surface area contributed by atoms with Crippen LogP contribution in [0.15, 0.2) is 21.9 Å². The highest BCUT2D eigenvalue weighted by Gasteiger charge is 2.53. The van der Waals surface area contributed by atoms with Crippen molar-refractivity contribution in [3.05, 3.63) is 33.2 Å². The first-order chi connectivity index (χ1) is 17.8. The fourth-order valence-corrected chi connectivity index (χ4v) is 7.62. The van der Waals surface area contributed by atoms with Crippen LogP contribution >= 0.6 is 34.6 Å². The van der Waals surface area contributed by atoms with Crippen LogP contribution in [0.2, 0.25) is 0 Å². The maximum atomic E-state index is 13.1. The smallest absolute Gasteiger partial charge is 0.278 e. The van der Waals surface area contributed by atoms with Crippen LogP contribution in [0.1, 0.15) is 36.7 Å². The molecular weight excluding hydrogens is 538 g/mol. The number of nitrogen functional groups attached to an aromatic ring is 1. The Labute approximate surface area is 224 Å². The summed E-state index contributed by atoms with van der Waals surface area (Å²) >= 11 is 3.98. The standard InChI is InChI=1S/C22H25N7O5S3/c1-3-34-26-14(17-25-22(23)37-27-17)18(30)24-15-19(31)29-16(21(32)33)11(8-35-20(15)29)7-28-9-36-13-6-10(2)4-5-12(13)28/h9-10,15,20H,3-8H2,1-2H3,(H3-,23,24,25,27,30,32,33)/b26-14-/t10?,15-,20-/m1/s1. The maximum absolute atomic E-state index is 13.1. The van der Waals surface area contributed by atoms with Gasteiger partial charge in [-0.25, -0.2) is 0 Å². The van der Waals surface area contributed by atoms with Gasteiger partial charge in [0, 0.05) is 29.3 Å². The Morgan fingerprint density at radius 2 is 2.24 bits per heavy atom. The minimum absolute atomic E-state index is 0.0171. The number of fused-ring (bicyclic) bond motifs is 2. The molecule has 3 atom stereocenters. The normalized spacial score (nSPS) is 23.3. The van der Waals surface area contributed by atoms with Gasteiger partial charge in [-0.05, 0) is 25.7 Å². The number of nitrogens with two attached hydrogens (primary N) is 1. The SMILES string of the molecule is CCO/N=C(\C(=O)N[C@@H]1C(=O)N2C(C(=O)[O-])=C(C[n+]3csc4c3CCC(C)C4)CS[C@H]12)c1nsc(N)n1. The first kappa shape index (κ1) is 25.6. The van der Waals surface area contributed by atoms with Crippen molar-refractivity contribution in [1.29, 1.82) is 0 Å². The quantitative estimate of drug-likeness (QED) is 0.185. The van der Waals surface area contributed by atoms with Crippen molar-refractivity contribution in [2.75, 3.05) is 18.1 Å². The molecule has 0 bridgehead atoms. The van der Waals surface area contributed by atoms with Crippen molar-refractivity contribution >= 4 is 63.3 Å². The van der Waals surface area contributed by atoms with Crippen molar-refractivity contribution in [3.63, 3.8) is 0 Å². The van der Waals surface area contributed by atoms with Gasteiger partial charge >= 0.3 is 0 Å². The highest BCUT2D eigenvalue weighted by atomic mass is 32.2. The summed E-state index contributed by atoms with van der Waals surface area (Å²) in [5.41, 5.74) is 9.17. The van der Waals surface area contributed by atoms with Crippen LogP contribution in [0.4, 0.5) is 5.13 Å². The Balaban J connectivity index is 1.34. The van der Waals surface area contributed by atoms with E-state index in [4.69, 9.17) is 10.6 Å². The molecule has 12 nitrogen and oxygen atoms in total. The average Bonchev–Trinajstić information content (AvgIpc) is 3.47. The number of carbonyl (C=O) groups excluding carboxylic acids is 3. The lowest BCUT2D eigenvalue weighted by Gasteiger charge is -2.50. The van der Waals surface area contributed by atoms with E-state index in [2.05, 4.69) is 31.3 Å². The Kier molecular flexibility index (Phi) is 7.18. The molecule has 2 aromatic rings. The van der Waals surface area contributed by atoms with E-state index < -0.39 is 29.2 Å². The van der Waals surface area contributed by atoms with Gasteiger partial charge in [-0.3, -0.25) is 14.5 Å². The monoisotopic (exact) mass is 563 g/mol. The lowest BCUT2D eigenvalue weighted by Crippen LogP contribution is -2.71. The number of nitrogens with one attached hydrogen (secondary N) is 1. The third kappa shape index (κ3) is 4.82. The van der Waals surface area contributed by atoms with Crippen LogP contribution in [0.3, 0.4) is 0 Å². The molecule has 15 heteroatoms. The fraction of sp³-hybridized carbons (Fsp3) is 0.500. The molecule has 5 rings (SSSR count). The number of β-lactam (4-membered cyclic amide) rings is 1. The van der Waals surface area contributed by atoms with Gasteiger partial charge in [-0.1, -0.05) is 23.4 Å². The second-order valence-corrected chi connectivity index (χ2v) is 11.8. The van der Waals surface area contributed by atoms with Gasteiger partial charge < -0.3 is 25.8 Å². The zero-order valence-electron chi connectivity index (χ0n) is 20.1. The molecule has 2 amide bonds. The van der Waals surface area contributed by atoms with E-state index in [9.17, 15) is 19.5 Å². The van der Waals surface area contributed by atoms with Crippen LogP contribution in [0.5, 0.6) is 0 Å². The molecule has 1 saturated heterocycles. The van der Waals surface area contributed by atoms with Crippen LogP contribution in [0, 0.1) is 5.92 Å². The summed E-state index contributed by atoms with van der Waals surface area (Å²) in [6, 6.07) is -0.945. The summed E-state index contributed by atoms with van der Waals surface area (Å²) in [4.78, 5) is 49.8. The van der Waals surface area contributed by atoms with Gasteiger partial charge in [0.2, 0.25) is 17.0 Å². The molecule has 196 valence electrons. The molecule has 2 aliphatic heterocycles. The molecule has 0 spiro atoms. The van der Waals surface area contributed by atoms with E-state index in [1.165, 1.54) is 27.2 Å². The number of hydrogen-bond donors (Lipinski definition) is 2. The van der Waals surface area contributed by atoms with Gasteiger partial charge in [0.05, 0.1) is 16.5 Å². The molecule has 4 heterocycles. The number of rotatable bonds is 8. The number of carbonyl (C=O) groups is 3. The lowest BCUT2D eigenvalue weighted by molar-refractivity contribution is -0.692. The average molecular weight is 564 g/mol. The number of aliphatic carboxylic acids is 1. The number of thioether (sulfide) groups is 1. The summed E-state index contributed by atoms with van der Waals surface area (Å²) in [6.45, 7) is 4.52. The highest BCUT2D eigenvalue weighted by molar-refractivity contribution is 8.00. The summed E-state index contributed by atoms with van der Waals surface area (Å²) in [6.07, 6.45) is 3.07. The van der Waals surface area contributed by atoms with Crippen molar-refractivity contribution in [2.45, 2.75) is 51.1 Å². The number of carboxylic acid groups (broad SMARTS) is 1. The second-order valence-electron chi connectivity index (χ2n) is 8.98. The molecule has 37 heavy (non-hydrogen) atoms. The van der Waals surface area contributed by atoms with Crippen LogP contribution in [0.25, 0.3) is 0 Å². The van der Waals surface area contributed by atoms with E-state index in [1.807, 2.05) is 5.51 Å². The predicted molar refractivity (Wildman–Crippen MR) is 135 cm³/mol. The number of nitrogens with zero attached hydrogens (tertiary/aromatic N) is 5. The van der Waals surface area contributed by atoms with E-state index in [-0.39, 0.29) is 29.0 Å². The number of aromatic nitrogens is 3. The van der Waals surface area contributed by atoms with Gasteiger partial charge in [0.15, 0.2) is 17.4 Å². The molecule has 1 fully saturated rings. The number of oxime groups is 1. The van der Waals surface area contributed by atoms with Crippen LogP contribution < -0.4 is 20.7 Å². The molecule has 0 saturated carbocycles. The number of carboxylic acids is 1. The summed E-state index contributed by atoms with van der Waals surface area (Å²) in [5.74, 6) is -1.65. The molecule has 3 N–H and O–H groups in total. The number of thiazole rings is 1. The molecule has 2 aromatic heterocycles. The van der Waals surface area contributed by atoms with Crippen LogP contribution in [-0.4, -0.2) is 61.5 Å². The largest absolute Gasteiger partial charge is 0.543 e. The van der Waals surface area contributed by atoms with Gasteiger partial charge in [0.1, 0.15) is 18.0 Å². The summed E-state index contributed by atoms with van der Waals surface area (Å²) < 4.78 is 6.09. The zero-order chi connectivity index (χ0) is 26.3. The molecule has 0 radical (unpaired) electrons. The fourth-order valence-electron chi connectivity index (χ4n) is 4.66. The molecule has 0 aromatic carbocycles. The molecule has 1 unspecified atom stereocenters. The summed E-state index contributed by atoms with van der Waals surface area (Å²) in [7, 11) is 0. The first-order valence-electron chi connectivity index (χ1n) is 11.8. The van der Waals surface area contributed by atoms with Crippen molar-refractivity contribution < 1.29 is 28.9 Å². The summed E-state index contributed by atoms with van der Waals surface area (Å²) in [5, 5.41) is 18.2. The van der Waals surface area contributed by atoms with E-state index in [1.54, 1.807) is 18.3 Å². The Morgan fingerprint density at radius 1 is 1.43 bits per heavy atom. The minimum atomic E-state index is -1.41. The number of anilines is 1. The van der Waals surface area contributed by atoms with Gasteiger partial charge in [-0.15, -0.1) is 11.8 Å². The van der Waals surface area contributed by atoms with Crippen molar-refractivity contribution in [2.24, 2.45) is 11.1 Å². The maximum Gasteiger partial charge on any atom is 0.278 e. The predicted octanol–water partition coefficient (Wildman–Crippen LogP) is -0.561. The number of amides is 2. The Hall–Kier alpha value is -3.04. The molecule has 3 aliphatic rings. The highest BCUT2D eigenvalue weighted by Crippen LogP contribution is 2.40. The second kappa shape index (κ2) is 10.4. The van der Waals surface area contributed by atoms with Crippen molar-refractivity contribution in [3.8, 4) is 0 Å². The Bertz CT molecular complexity index is 1320. The van der Waals surface area contributed by atoms with Gasteiger partial charge in [0.25, 0.3) is 11.8 Å². The lowest BCUT2D eigenvalue weighted by atomic mass is 9.92. The van der Waals surface area contributed by atoms with Gasteiger partial charge in [-0.2, -0.15) is 13.9 Å². The third-order valence-corrected chi connectivity index (χ3v) is 9.37. The van der Waals surface area contributed by atoms with E-state index >= 15 is 0 Å². The molecule has 1 aliphatic carbocycles. The Morgan fingerprint density at radius 3 is 2.95 bits per heavy atom.